The van der Waals surface area contributed by atoms with Crippen LogP contribution < -0.4 is 4.90 Å². The van der Waals surface area contributed by atoms with Gasteiger partial charge in [-0.15, -0.1) is 0 Å². The van der Waals surface area contributed by atoms with Gasteiger partial charge >= 0.3 is 11.9 Å². The van der Waals surface area contributed by atoms with Crippen LogP contribution in [0.3, 0.4) is 0 Å². The van der Waals surface area contributed by atoms with E-state index in [9.17, 15) is 14.4 Å². The van der Waals surface area contributed by atoms with Gasteiger partial charge in [0.05, 0.1) is 0 Å². The minimum Gasteiger partial charge on any atom is -0.479 e. The van der Waals surface area contributed by atoms with Crippen molar-refractivity contribution in [1.82, 2.24) is 0 Å². The SMILES string of the molecule is O=CN(c1ccccc1)C(C(=O)O)C(=O)O. The Morgan fingerprint density at radius 1 is 1.12 bits per heavy atom. The molecule has 6 heteroatoms. The molecule has 2 N–H and O–H groups in total. The zero-order chi connectivity index (χ0) is 12.1. The van der Waals surface area contributed by atoms with Crippen LogP contribution >= 0.6 is 0 Å². The first-order chi connectivity index (χ1) is 7.57. The summed E-state index contributed by atoms with van der Waals surface area (Å²) >= 11 is 0. The molecule has 0 saturated carbocycles. The molecule has 16 heavy (non-hydrogen) atoms. The number of benzene rings is 1. The molecule has 0 bridgehead atoms. The van der Waals surface area contributed by atoms with Gasteiger partial charge in [0.25, 0.3) is 0 Å². The second-order valence-electron chi connectivity index (χ2n) is 2.93. The van der Waals surface area contributed by atoms with Crippen LogP contribution in [0.2, 0.25) is 0 Å². The number of anilines is 1. The van der Waals surface area contributed by atoms with E-state index in [0.29, 0.717) is 4.90 Å². The Balaban J connectivity index is 3.10. The lowest BCUT2D eigenvalue weighted by atomic mass is 10.2. The Kier molecular flexibility index (Phi) is 3.60. The third kappa shape index (κ3) is 2.35. The second-order valence-corrected chi connectivity index (χ2v) is 2.93. The number of carboxylic acid groups (broad SMARTS) is 2. The van der Waals surface area contributed by atoms with Gasteiger partial charge in [-0.3, -0.25) is 9.69 Å². The molecule has 0 radical (unpaired) electrons. The molecule has 0 unspecified atom stereocenters. The molecule has 1 rings (SSSR count). The smallest absolute Gasteiger partial charge is 0.338 e. The van der Waals surface area contributed by atoms with E-state index in [1.165, 1.54) is 12.1 Å². The Labute approximate surface area is 90.7 Å². The van der Waals surface area contributed by atoms with Crippen LogP contribution in [0.5, 0.6) is 0 Å². The molecule has 6 nitrogen and oxygen atoms in total. The third-order valence-corrected chi connectivity index (χ3v) is 1.91. The van der Waals surface area contributed by atoms with E-state index in [-0.39, 0.29) is 12.1 Å². The van der Waals surface area contributed by atoms with Gasteiger partial charge < -0.3 is 10.2 Å². The first-order valence-electron chi connectivity index (χ1n) is 4.32. The van der Waals surface area contributed by atoms with Gasteiger partial charge in [0.1, 0.15) is 0 Å². The number of nitrogens with zero attached hydrogens (tertiary/aromatic N) is 1. The highest BCUT2D eigenvalue weighted by Gasteiger charge is 2.32. The zero-order valence-corrected chi connectivity index (χ0v) is 8.11. The number of hydrogen-bond donors (Lipinski definition) is 2. The van der Waals surface area contributed by atoms with E-state index in [2.05, 4.69) is 0 Å². The minimum absolute atomic E-state index is 0.183. The molecule has 0 aromatic heterocycles. The van der Waals surface area contributed by atoms with Crippen LogP contribution in [0.15, 0.2) is 30.3 Å². The van der Waals surface area contributed by atoms with E-state index in [1.807, 2.05) is 0 Å². The summed E-state index contributed by atoms with van der Waals surface area (Å²) in [5.41, 5.74) is 0.215. The fourth-order valence-corrected chi connectivity index (χ4v) is 1.21. The summed E-state index contributed by atoms with van der Waals surface area (Å²) in [6.07, 6.45) is 0.183. The average molecular weight is 223 g/mol. The fourth-order valence-electron chi connectivity index (χ4n) is 1.21. The van der Waals surface area contributed by atoms with Crippen molar-refractivity contribution in [2.75, 3.05) is 4.90 Å². The molecular formula is C10H9NO5. The predicted octanol–water partition coefficient (Wildman–Crippen LogP) is 0.187. The highest BCUT2D eigenvalue weighted by molar-refractivity contribution is 6.05. The van der Waals surface area contributed by atoms with Crippen LogP contribution in [0.1, 0.15) is 0 Å². The van der Waals surface area contributed by atoms with E-state index in [4.69, 9.17) is 10.2 Å². The number of amides is 1. The Hall–Kier alpha value is -2.37. The van der Waals surface area contributed by atoms with Crippen molar-refractivity contribution in [1.29, 1.82) is 0 Å². The van der Waals surface area contributed by atoms with E-state index >= 15 is 0 Å². The second kappa shape index (κ2) is 4.92. The van der Waals surface area contributed by atoms with Gasteiger partial charge in [0.2, 0.25) is 12.5 Å². The number of aliphatic carboxylic acids is 2. The number of rotatable bonds is 5. The summed E-state index contributed by atoms with van der Waals surface area (Å²) in [5, 5.41) is 17.5. The van der Waals surface area contributed by atoms with Crippen LogP contribution in [-0.2, 0) is 14.4 Å². The quantitative estimate of drug-likeness (QED) is 0.548. The summed E-state index contributed by atoms with van der Waals surface area (Å²) in [6.45, 7) is 0. The lowest BCUT2D eigenvalue weighted by Crippen LogP contribution is -2.46. The molecule has 0 saturated heterocycles. The maximum Gasteiger partial charge on any atom is 0.338 e. The van der Waals surface area contributed by atoms with Gasteiger partial charge in [-0.25, -0.2) is 9.59 Å². The summed E-state index contributed by atoms with van der Waals surface area (Å²) in [6, 6.07) is 5.81. The summed E-state index contributed by atoms with van der Waals surface area (Å²) in [4.78, 5) is 32.9. The van der Waals surface area contributed by atoms with Crippen LogP contribution in [-0.4, -0.2) is 34.6 Å². The minimum atomic E-state index is -1.92. The number of hydrogen-bond acceptors (Lipinski definition) is 3. The lowest BCUT2D eigenvalue weighted by Gasteiger charge is -2.21. The largest absolute Gasteiger partial charge is 0.479 e. The fraction of sp³-hybridized carbons (Fsp3) is 0.100. The molecule has 0 spiro atoms. The normalized spacial score (nSPS) is 9.81. The zero-order valence-electron chi connectivity index (χ0n) is 8.11. The molecule has 1 amide bonds. The van der Waals surface area contributed by atoms with Crippen molar-refractivity contribution in [2.24, 2.45) is 0 Å². The summed E-state index contributed by atoms with van der Waals surface area (Å²) in [5.74, 6) is -3.19. The standard InChI is InChI=1S/C10H9NO5/c12-6-11(7-4-2-1-3-5-7)8(9(13)14)10(15)16/h1-6,8H,(H,13,14)(H,15,16). The molecule has 0 atom stereocenters. The maximum atomic E-state index is 10.8. The van der Waals surface area contributed by atoms with Gasteiger partial charge in [0.15, 0.2) is 0 Å². The Morgan fingerprint density at radius 3 is 2.00 bits per heavy atom. The van der Waals surface area contributed by atoms with E-state index in [1.54, 1.807) is 18.2 Å². The Morgan fingerprint density at radius 2 is 1.62 bits per heavy atom. The van der Waals surface area contributed by atoms with Crippen LogP contribution in [0.25, 0.3) is 0 Å². The van der Waals surface area contributed by atoms with Crippen molar-refractivity contribution in [3.8, 4) is 0 Å². The van der Waals surface area contributed by atoms with Crippen molar-refractivity contribution in [2.45, 2.75) is 6.04 Å². The lowest BCUT2D eigenvalue weighted by molar-refractivity contribution is -0.150. The molecular weight excluding hydrogens is 214 g/mol. The molecule has 0 heterocycles. The van der Waals surface area contributed by atoms with Crippen molar-refractivity contribution in [3.63, 3.8) is 0 Å². The number of carbonyl (C=O) groups is 3. The molecule has 0 aliphatic rings. The van der Waals surface area contributed by atoms with E-state index in [0.717, 1.165) is 0 Å². The monoisotopic (exact) mass is 223 g/mol. The third-order valence-electron chi connectivity index (χ3n) is 1.91. The van der Waals surface area contributed by atoms with Crippen molar-refractivity contribution in [3.05, 3.63) is 30.3 Å². The summed E-state index contributed by atoms with van der Waals surface area (Å²) in [7, 11) is 0. The highest BCUT2D eigenvalue weighted by Crippen LogP contribution is 2.14. The Bertz CT molecular complexity index is 389. The summed E-state index contributed by atoms with van der Waals surface area (Å²) < 4.78 is 0. The average Bonchev–Trinajstić information content (AvgIpc) is 2.25. The highest BCUT2D eigenvalue weighted by atomic mass is 16.4. The number of carboxylic acids is 2. The molecule has 0 fully saturated rings. The first kappa shape index (κ1) is 11.7. The van der Waals surface area contributed by atoms with Gasteiger partial charge in [-0.2, -0.15) is 0 Å². The van der Waals surface area contributed by atoms with Gasteiger partial charge in [0, 0.05) is 5.69 Å². The maximum absolute atomic E-state index is 10.8. The molecule has 1 aromatic rings. The molecule has 1 aromatic carbocycles. The van der Waals surface area contributed by atoms with Crippen molar-refractivity contribution < 1.29 is 24.6 Å². The van der Waals surface area contributed by atoms with Gasteiger partial charge in [-0.1, -0.05) is 18.2 Å². The van der Waals surface area contributed by atoms with Crippen molar-refractivity contribution >= 4 is 24.0 Å². The van der Waals surface area contributed by atoms with Gasteiger partial charge in [-0.05, 0) is 12.1 Å². The van der Waals surface area contributed by atoms with Crippen LogP contribution in [0.4, 0.5) is 5.69 Å². The molecule has 0 aliphatic carbocycles. The number of para-hydroxylation sites is 1. The van der Waals surface area contributed by atoms with Crippen LogP contribution in [0, 0.1) is 0 Å². The number of carbonyl (C=O) groups excluding carboxylic acids is 1. The topological polar surface area (TPSA) is 94.9 Å². The first-order valence-corrected chi connectivity index (χ1v) is 4.32. The molecule has 84 valence electrons. The van der Waals surface area contributed by atoms with E-state index < -0.39 is 18.0 Å². The predicted molar refractivity (Wildman–Crippen MR) is 54.0 cm³/mol. The molecule has 0 aliphatic heterocycles.